The Bertz CT molecular complexity index is 585. The second-order valence-electron chi connectivity index (χ2n) is 4.74. The molecule has 1 N–H and O–H groups in total. The molecule has 20 heavy (non-hydrogen) atoms. The van der Waals surface area contributed by atoms with E-state index in [1.807, 2.05) is 6.07 Å². The molecule has 0 fully saturated rings. The molecule has 112 valence electrons. The number of nitrogens with one attached hydrogen (secondary N) is 1. The van der Waals surface area contributed by atoms with E-state index in [4.69, 9.17) is 11.6 Å². The predicted octanol–water partition coefficient (Wildman–Crippen LogP) is 3.21. The molecule has 0 aromatic heterocycles. The maximum atomic E-state index is 11.8. The van der Waals surface area contributed by atoms with Crippen molar-refractivity contribution in [3.63, 3.8) is 0 Å². The summed E-state index contributed by atoms with van der Waals surface area (Å²) in [6.07, 6.45) is 1.05. The molecule has 1 amide bonds. The molecule has 0 heterocycles. The van der Waals surface area contributed by atoms with Crippen molar-refractivity contribution < 1.29 is 13.2 Å². The van der Waals surface area contributed by atoms with Crippen LogP contribution in [0.5, 0.6) is 0 Å². The van der Waals surface area contributed by atoms with Crippen molar-refractivity contribution in [3.8, 4) is 0 Å². The number of benzene rings is 1. The van der Waals surface area contributed by atoms with Crippen molar-refractivity contribution >= 4 is 44.8 Å². The Hall–Kier alpha value is -0.720. The molecule has 0 aliphatic rings. The van der Waals surface area contributed by atoms with E-state index in [9.17, 15) is 13.2 Å². The summed E-state index contributed by atoms with van der Waals surface area (Å²) in [5, 5.41) is 3.61. The molecule has 1 aromatic rings. The summed E-state index contributed by atoms with van der Waals surface area (Å²) in [5.41, 5.74) is 0.620. The van der Waals surface area contributed by atoms with Gasteiger partial charge in [0, 0.05) is 27.8 Å². The van der Waals surface area contributed by atoms with E-state index in [1.54, 1.807) is 23.9 Å². The summed E-state index contributed by atoms with van der Waals surface area (Å²) in [4.78, 5) is 12.7. The Labute approximate surface area is 129 Å². The molecule has 1 rings (SSSR count). The van der Waals surface area contributed by atoms with Gasteiger partial charge in [0.2, 0.25) is 5.91 Å². The van der Waals surface area contributed by atoms with Gasteiger partial charge in [-0.2, -0.15) is 0 Å². The molecule has 1 aromatic carbocycles. The van der Waals surface area contributed by atoms with Gasteiger partial charge in [-0.15, -0.1) is 11.8 Å². The molecule has 0 aliphatic carbocycles. The zero-order valence-electron chi connectivity index (χ0n) is 11.6. The summed E-state index contributed by atoms with van der Waals surface area (Å²) in [6.45, 7) is 4.10. The van der Waals surface area contributed by atoms with Crippen LogP contribution in [-0.4, -0.2) is 31.6 Å². The van der Waals surface area contributed by atoms with Crippen LogP contribution in [-0.2, 0) is 14.6 Å². The largest absolute Gasteiger partial charge is 0.325 e. The topological polar surface area (TPSA) is 63.2 Å². The summed E-state index contributed by atoms with van der Waals surface area (Å²) >= 11 is 7.54. The number of thioether (sulfide) groups is 1. The molecule has 0 radical (unpaired) electrons. The maximum absolute atomic E-state index is 11.8. The fraction of sp³-hybridized carbons (Fsp3) is 0.462. The lowest BCUT2D eigenvalue weighted by molar-refractivity contribution is -0.115. The molecule has 4 nitrogen and oxygen atoms in total. The molecular formula is C13H18ClNO3S2. The number of carbonyl (C=O) groups excluding carboxylic acids is 1. The van der Waals surface area contributed by atoms with E-state index in [1.165, 1.54) is 0 Å². The Kier molecular flexibility index (Phi) is 6.36. The van der Waals surface area contributed by atoms with Crippen LogP contribution in [0, 0.1) is 0 Å². The number of halogens is 1. The van der Waals surface area contributed by atoms with Gasteiger partial charge in [0.15, 0.2) is 0 Å². The van der Waals surface area contributed by atoms with Crippen molar-refractivity contribution in [2.75, 3.05) is 17.3 Å². The Balaban J connectivity index is 2.79. The number of sulfone groups is 1. The number of anilines is 1. The molecule has 0 saturated heterocycles. The minimum absolute atomic E-state index is 0.0584. The second-order valence-corrected chi connectivity index (χ2v) is 9.05. The molecule has 0 aliphatic heterocycles. The third kappa shape index (κ3) is 6.63. The van der Waals surface area contributed by atoms with Gasteiger partial charge in [0.1, 0.15) is 9.84 Å². The quantitative estimate of drug-likeness (QED) is 0.811. The van der Waals surface area contributed by atoms with E-state index in [-0.39, 0.29) is 18.1 Å². The Morgan fingerprint density at radius 2 is 2.05 bits per heavy atom. The van der Waals surface area contributed by atoms with Crippen molar-refractivity contribution in [1.82, 2.24) is 0 Å². The lowest BCUT2D eigenvalue weighted by atomic mass is 10.3. The van der Waals surface area contributed by atoms with Crippen LogP contribution >= 0.6 is 23.4 Å². The fourth-order valence-corrected chi connectivity index (χ4v) is 3.07. The van der Waals surface area contributed by atoms with Gasteiger partial charge in [-0.1, -0.05) is 25.4 Å². The van der Waals surface area contributed by atoms with Crippen LogP contribution in [0.15, 0.2) is 23.1 Å². The first kappa shape index (κ1) is 17.3. The predicted molar refractivity (Wildman–Crippen MR) is 85.4 cm³/mol. The highest BCUT2D eigenvalue weighted by molar-refractivity contribution is 8.00. The smallest absolute Gasteiger partial charge is 0.225 e. The van der Waals surface area contributed by atoms with Crippen LogP contribution in [0.4, 0.5) is 5.69 Å². The van der Waals surface area contributed by atoms with E-state index < -0.39 is 9.84 Å². The van der Waals surface area contributed by atoms with Gasteiger partial charge in [-0.3, -0.25) is 4.79 Å². The molecule has 0 spiro atoms. The van der Waals surface area contributed by atoms with Crippen LogP contribution in [0.2, 0.25) is 5.02 Å². The number of hydrogen-bond acceptors (Lipinski definition) is 4. The number of carbonyl (C=O) groups is 1. The summed E-state index contributed by atoms with van der Waals surface area (Å²) in [7, 11) is -3.14. The molecule has 0 saturated carbocycles. The Morgan fingerprint density at radius 1 is 1.40 bits per heavy atom. The molecule has 0 bridgehead atoms. The van der Waals surface area contributed by atoms with Gasteiger partial charge >= 0.3 is 0 Å². The van der Waals surface area contributed by atoms with Crippen LogP contribution in [0.25, 0.3) is 0 Å². The second kappa shape index (κ2) is 7.33. The number of amides is 1. The van der Waals surface area contributed by atoms with Gasteiger partial charge in [-0.25, -0.2) is 8.42 Å². The van der Waals surface area contributed by atoms with Gasteiger partial charge in [0.25, 0.3) is 0 Å². The van der Waals surface area contributed by atoms with Crippen LogP contribution in [0.1, 0.15) is 20.3 Å². The lowest BCUT2D eigenvalue weighted by Gasteiger charge is -2.13. The van der Waals surface area contributed by atoms with Gasteiger partial charge in [-0.05, 0) is 18.2 Å². The molecule has 0 atom stereocenters. The third-order valence-corrected chi connectivity index (χ3v) is 4.54. The number of hydrogen-bond donors (Lipinski definition) is 1. The van der Waals surface area contributed by atoms with E-state index in [0.717, 1.165) is 11.2 Å². The third-order valence-electron chi connectivity index (χ3n) is 2.28. The minimum Gasteiger partial charge on any atom is -0.325 e. The summed E-state index contributed by atoms with van der Waals surface area (Å²) in [5.74, 6) is -0.491. The van der Waals surface area contributed by atoms with E-state index in [2.05, 4.69) is 19.2 Å². The average Bonchev–Trinajstić information content (AvgIpc) is 2.29. The first-order valence-corrected chi connectivity index (χ1v) is 9.43. The normalized spacial score (nSPS) is 11.7. The van der Waals surface area contributed by atoms with E-state index in [0.29, 0.717) is 16.0 Å². The maximum Gasteiger partial charge on any atom is 0.225 e. The zero-order chi connectivity index (χ0) is 15.3. The highest BCUT2D eigenvalue weighted by atomic mass is 35.5. The average molecular weight is 336 g/mol. The van der Waals surface area contributed by atoms with Gasteiger partial charge < -0.3 is 5.32 Å². The van der Waals surface area contributed by atoms with Crippen LogP contribution in [0.3, 0.4) is 0 Å². The first-order valence-electron chi connectivity index (χ1n) is 6.11. The van der Waals surface area contributed by atoms with Crippen molar-refractivity contribution in [1.29, 1.82) is 0 Å². The fourth-order valence-electron chi connectivity index (χ4n) is 1.45. The minimum atomic E-state index is -3.14. The number of rotatable bonds is 6. The van der Waals surface area contributed by atoms with E-state index >= 15 is 0 Å². The molecule has 7 heteroatoms. The lowest BCUT2D eigenvalue weighted by Crippen LogP contribution is -2.17. The van der Waals surface area contributed by atoms with Gasteiger partial charge in [0.05, 0.1) is 11.4 Å². The molecular weight excluding hydrogens is 318 g/mol. The summed E-state index contributed by atoms with van der Waals surface area (Å²) in [6, 6.07) is 5.28. The monoisotopic (exact) mass is 335 g/mol. The highest BCUT2D eigenvalue weighted by Gasteiger charge is 2.12. The summed E-state index contributed by atoms with van der Waals surface area (Å²) < 4.78 is 22.1. The highest BCUT2D eigenvalue weighted by Crippen LogP contribution is 2.32. The van der Waals surface area contributed by atoms with Crippen LogP contribution < -0.4 is 5.32 Å². The molecule has 0 unspecified atom stereocenters. The standard InChI is InChI=1S/C13H18ClNO3S2/c1-9(2)19-12-5-4-10(14)8-11(12)15-13(16)6-7-20(3,17)18/h4-5,8-9H,6-7H2,1-3H3,(H,15,16). The zero-order valence-corrected chi connectivity index (χ0v) is 14.0. The van der Waals surface area contributed by atoms with Crippen molar-refractivity contribution in [2.24, 2.45) is 0 Å². The first-order chi connectivity index (χ1) is 9.17. The van der Waals surface area contributed by atoms with Crippen molar-refractivity contribution in [3.05, 3.63) is 23.2 Å². The Morgan fingerprint density at radius 3 is 2.60 bits per heavy atom. The SMILES string of the molecule is CC(C)Sc1ccc(Cl)cc1NC(=O)CCS(C)(=O)=O. The van der Waals surface area contributed by atoms with Crippen molar-refractivity contribution in [2.45, 2.75) is 30.4 Å².